The Hall–Kier alpha value is -3.75. The van der Waals surface area contributed by atoms with Gasteiger partial charge in [-0.15, -0.1) is 10.2 Å². The van der Waals surface area contributed by atoms with Gasteiger partial charge in [-0.1, -0.05) is 42.0 Å². The molecule has 2 heterocycles. The van der Waals surface area contributed by atoms with Crippen molar-refractivity contribution in [1.82, 2.24) is 30.0 Å². The van der Waals surface area contributed by atoms with E-state index in [1.54, 1.807) is 29.0 Å². The van der Waals surface area contributed by atoms with E-state index in [9.17, 15) is 9.59 Å². The monoisotopic (exact) mass is 420 g/mol. The van der Waals surface area contributed by atoms with Crippen molar-refractivity contribution >= 4 is 11.8 Å². The fourth-order valence-electron chi connectivity index (χ4n) is 3.50. The summed E-state index contributed by atoms with van der Waals surface area (Å²) in [6.45, 7) is 3.86. The van der Waals surface area contributed by atoms with Crippen molar-refractivity contribution in [2.24, 2.45) is 0 Å². The van der Waals surface area contributed by atoms with Crippen LogP contribution in [0.5, 0.6) is 5.75 Å². The summed E-state index contributed by atoms with van der Waals surface area (Å²) in [5.41, 5.74) is 2.53. The van der Waals surface area contributed by atoms with Crippen molar-refractivity contribution in [2.75, 3.05) is 33.3 Å². The first-order chi connectivity index (χ1) is 15.0. The van der Waals surface area contributed by atoms with E-state index in [1.165, 1.54) is 4.80 Å². The zero-order chi connectivity index (χ0) is 21.8. The van der Waals surface area contributed by atoms with E-state index in [0.717, 1.165) is 11.1 Å². The van der Waals surface area contributed by atoms with Crippen LogP contribution >= 0.6 is 0 Å². The molecule has 4 rings (SSSR count). The van der Waals surface area contributed by atoms with Gasteiger partial charge in [0.05, 0.1) is 12.7 Å². The van der Waals surface area contributed by atoms with Crippen molar-refractivity contribution in [3.05, 3.63) is 59.7 Å². The van der Waals surface area contributed by atoms with Gasteiger partial charge in [-0.25, -0.2) is 0 Å². The number of methoxy groups -OCH3 is 1. The lowest BCUT2D eigenvalue weighted by molar-refractivity contribution is -0.133. The van der Waals surface area contributed by atoms with Crippen molar-refractivity contribution in [1.29, 1.82) is 0 Å². The molecule has 1 fully saturated rings. The van der Waals surface area contributed by atoms with Gasteiger partial charge in [-0.05, 0) is 24.3 Å². The summed E-state index contributed by atoms with van der Waals surface area (Å²) >= 11 is 0. The molecule has 0 bridgehead atoms. The third-order valence-electron chi connectivity index (χ3n) is 5.30. The summed E-state index contributed by atoms with van der Waals surface area (Å²) in [6, 6.07) is 15.0. The Balaban J connectivity index is 1.33. The molecule has 1 aliphatic rings. The Labute approximate surface area is 180 Å². The maximum absolute atomic E-state index is 12.8. The minimum atomic E-state index is -0.0998. The number of amides is 2. The average molecular weight is 420 g/mol. The summed E-state index contributed by atoms with van der Waals surface area (Å²) in [4.78, 5) is 30.3. The van der Waals surface area contributed by atoms with Crippen LogP contribution < -0.4 is 4.74 Å². The SMILES string of the molecule is COc1ccccc1C(=O)N1CCN(C(=O)Cn2nnc(-c3ccc(C)cc3)n2)CC1. The topological polar surface area (TPSA) is 93.5 Å². The highest BCUT2D eigenvalue weighted by molar-refractivity contribution is 5.97. The van der Waals surface area contributed by atoms with E-state index in [0.29, 0.717) is 43.3 Å². The number of carbonyl (C=O) groups excluding carboxylic acids is 2. The minimum Gasteiger partial charge on any atom is -0.496 e. The number of rotatable bonds is 5. The van der Waals surface area contributed by atoms with Crippen LogP contribution in [0.25, 0.3) is 11.4 Å². The van der Waals surface area contributed by atoms with Gasteiger partial charge in [-0.2, -0.15) is 4.80 Å². The summed E-state index contributed by atoms with van der Waals surface area (Å²) < 4.78 is 5.29. The summed E-state index contributed by atoms with van der Waals surface area (Å²) in [7, 11) is 1.55. The van der Waals surface area contributed by atoms with Crippen LogP contribution in [0.3, 0.4) is 0 Å². The molecule has 9 heteroatoms. The first-order valence-electron chi connectivity index (χ1n) is 10.1. The molecule has 0 unspecified atom stereocenters. The van der Waals surface area contributed by atoms with Gasteiger partial charge >= 0.3 is 0 Å². The Bertz CT molecular complexity index is 1070. The number of tetrazole rings is 1. The van der Waals surface area contributed by atoms with Gasteiger partial charge < -0.3 is 14.5 Å². The van der Waals surface area contributed by atoms with Crippen LogP contribution in [0.2, 0.25) is 0 Å². The van der Waals surface area contributed by atoms with E-state index in [4.69, 9.17) is 4.74 Å². The summed E-state index contributed by atoms with van der Waals surface area (Å²) in [6.07, 6.45) is 0. The molecule has 1 saturated heterocycles. The molecular formula is C22H24N6O3. The van der Waals surface area contributed by atoms with Crippen LogP contribution in [0.15, 0.2) is 48.5 Å². The molecule has 2 aromatic carbocycles. The Morgan fingerprint density at radius 3 is 2.35 bits per heavy atom. The second-order valence-electron chi connectivity index (χ2n) is 7.38. The van der Waals surface area contributed by atoms with Crippen molar-refractivity contribution in [3.8, 4) is 17.1 Å². The number of aryl methyl sites for hydroxylation is 1. The molecule has 160 valence electrons. The molecule has 0 spiro atoms. The highest BCUT2D eigenvalue weighted by Crippen LogP contribution is 2.20. The molecule has 0 saturated carbocycles. The first-order valence-corrected chi connectivity index (χ1v) is 10.1. The van der Waals surface area contributed by atoms with Gasteiger partial charge in [0.2, 0.25) is 11.7 Å². The molecule has 3 aromatic rings. The second kappa shape index (κ2) is 8.95. The quantitative estimate of drug-likeness (QED) is 0.623. The van der Waals surface area contributed by atoms with Gasteiger partial charge in [0.25, 0.3) is 5.91 Å². The molecule has 1 aromatic heterocycles. The van der Waals surface area contributed by atoms with Crippen LogP contribution in [-0.4, -0.2) is 75.1 Å². The lowest BCUT2D eigenvalue weighted by Gasteiger charge is -2.34. The van der Waals surface area contributed by atoms with Crippen LogP contribution in [0.1, 0.15) is 15.9 Å². The van der Waals surface area contributed by atoms with Gasteiger partial charge in [0, 0.05) is 31.7 Å². The Morgan fingerprint density at radius 2 is 1.65 bits per heavy atom. The molecule has 2 amide bonds. The highest BCUT2D eigenvalue weighted by Gasteiger charge is 2.26. The zero-order valence-electron chi connectivity index (χ0n) is 17.6. The fourth-order valence-corrected chi connectivity index (χ4v) is 3.50. The molecule has 0 N–H and O–H groups in total. The summed E-state index contributed by atoms with van der Waals surface area (Å²) in [5.74, 6) is 0.843. The third kappa shape index (κ3) is 4.55. The molecule has 9 nitrogen and oxygen atoms in total. The lowest BCUT2D eigenvalue weighted by Crippen LogP contribution is -2.51. The minimum absolute atomic E-state index is 0.0132. The standard InChI is InChI=1S/C22H24N6O3/c1-16-7-9-17(10-8-16)21-23-25-28(24-21)15-20(29)26-11-13-27(14-12-26)22(30)18-5-3-4-6-19(18)31-2/h3-10H,11-15H2,1-2H3. The van der Waals surface area contributed by atoms with E-state index >= 15 is 0 Å². The number of piperazine rings is 1. The number of benzene rings is 2. The maximum Gasteiger partial charge on any atom is 0.257 e. The predicted molar refractivity (Wildman–Crippen MR) is 113 cm³/mol. The summed E-state index contributed by atoms with van der Waals surface area (Å²) in [5, 5.41) is 12.4. The first kappa shape index (κ1) is 20.5. The van der Waals surface area contributed by atoms with E-state index in [-0.39, 0.29) is 18.4 Å². The lowest BCUT2D eigenvalue weighted by atomic mass is 10.1. The smallest absolute Gasteiger partial charge is 0.257 e. The van der Waals surface area contributed by atoms with Gasteiger partial charge in [-0.3, -0.25) is 9.59 Å². The zero-order valence-corrected chi connectivity index (χ0v) is 17.6. The van der Waals surface area contributed by atoms with E-state index in [2.05, 4.69) is 15.4 Å². The Kier molecular flexibility index (Phi) is 5.92. The van der Waals surface area contributed by atoms with Gasteiger partial charge in [0.15, 0.2) is 0 Å². The number of hydrogen-bond donors (Lipinski definition) is 0. The molecule has 0 aliphatic carbocycles. The second-order valence-corrected chi connectivity index (χ2v) is 7.38. The largest absolute Gasteiger partial charge is 0.496 e. The number of ether oxygens (including phenoxy) is 1. The van der Waals surface area contributed by atoms with E-state index < -0.39 is 0 Å². The molecule has 0 radical (unpaired) electrons. The number of aromatic nitrogens is 4. The predicted octanol–water partition coefficient (Wildman–Crippen LogP) is 1.64. The van der Waals surface area contributed by atoms with Crippen LogP contribution in [0, 0.1) is 6.92 Å². The van der Waals surface area contributed by atoms with Crippen molar-refractivity contribution in [2.45, 2.75) is 13.5 Å². The molecule has 31 heavy (non-hydrogen) atoms. The molecular weight excluding hydrogens is 396 g/mol. The normalized spacial score (nSPS) is 13.9. The number of hydrogen-bond acceptors (Lipinski definition) is 6. The molecule has 0 atom stereocenters. The third-order valence-corrected chi connectivity index (χ3v) is 5.30. The average Bonchev–Trinajstić information content (AvgIpc) is 3.27. The maximum atomic E-state index is 12.8. The van der Waals surface area contributed by atoms with Crippen molar-refractivity contribution in [3.63, 3.8) is 0 Å². The molecule has 1 aliphatic heterocycles. The van der Waals surface area contributed by atoms with Crippen molar-refractivity contribution < 1.29 is 14.3 Å². The fraction of sp³-hybridized carbons (Fsp3) is 0.318. The highest BCUT2D eigenvalue weighted by atomic mass is 16.5. The Morgan fingerprint density at radius 1 is 0.968 bits per heavy atom. The van der Waals surface area contributed by atoms with Crippen LogP contribution in [0.4, 0.5) is 0 Å². The van der Waals surface area contributed by atoms with E-state index in [1.807, 2.05) is 43.3 Å². The number of para-hydroxylation sites is 1. The van der Waals surface area contributed by atoms with Crippen LogP contribution in [-0.2, 0) is 11.3 Å². The number of nitrogens with zero attached hydrogens (tertiary/aromatic N) is 6. The van der Waals surface area contributed by atoms with Gasteiger partial charge in [0.1, 0.15) is 12.3 Å². The number of carbonyl (C=O) groups is 2.